The van der Waals surface area contributed by atoms with Gasteiger partial charge in [-0.1, -0.05) is 30.3 Å². The fraction of sp³-hybridized carbons (Fsp3) is 0.389. The van der Waals surface area contributed by atoms with Crippen molar-refractivity contribution in [1.82, 2.24) is 20.0 Å². The van der Waals surface area contributed by atoms with Gasteiger partial charge in [-0.2, -0.15) is 5.10 Å². The first-order chi connectivity index (χ1) is 11.9. The highest BCUT2D eigenvalue weighted by atomic mass is 19.1. The number of nitrogens with one attached hydrogen (secondary N) is 1. The van der Waals surface area contributed by atoms with Gasteiger partial charge in [-0.05, 0) is 19.4 Å². The molecule has 7 heteroatoms. The number of halogens is 1. The first kappa shape index (κ1) is 17.1. The van der Waals surface area contributed by atoms with E-state index >= 15 is 0 Å². The standard InChI is InChI=1S/C18H21FN4O2/c1-18(2)15(14-6-4-3-5-7-14)21-17(25)23(16(18)24)12-13-10-20-22(11-13)9-8-19/h3-7,10-11,15H,8-9,12H2,1-2H3,(H,21,25)/t15-/m1/s1. The van der Waals surface area contributed by atoms with Crippen molar-refractivity contribution in [3.63, 3.8) is 0 Å². The molecule has 1 aromatic heterocycles. The first-order valence-electron chi connectivity index (χ1n) is 8.18. The third-order valence-corrected chi connectivity index (χ3v) is 4.50. The number of alkyl halides is 1. The second-order valence-electron chi connectivity index (χ2n) is 6.71. The third-order valence-electron chi connectivity index (χ3n) is 4.50. The van der Waals surface area contributed by atoms with E-state index < -0.39 is 18.1 Å². The zero-order chi connectivity index (χ0) is 18.0. The Morgan fingerprint density at radius 2 is 1.96 bits per heavy atom. The predicted octanol–water partition coefficient (Wildman–Crippen LogP) is 2.67. The van der Waals surface area contributed by atoms with Gasteiger partial charge in [-0.3, -0.25) is 14.4 Å². The van der Waals surface area contributed by atoms with E-state index in [1.807, 2.05) is 44.2 Å². The molecular formula is C18H21FN4O2. The van der Waals surface area contributed by atoms with Crippen LogP contribution in [-0.2, 0) is 17.9 Å². The number of aryl methyl sites for hydroxylation is 1. The van der Waals surface area contributed by atoms with Crippen LogP contribution >= 0.6 is 0 Å². The van der Waals surface area contributed by atoms with Gasteiger partial charge in [-0.25, -0.2) is 9.18 Å². The van der Waals surface area contributed by atoms with E-state index in [9.17, 15) is 14.0 Å². The molecule has 1 N–H and O–H groups in total. The number of carbonyl (C=O) groups is 2. The highest BCUT2D eigenvalue weighted by Gasteiger charge is 2.47. The summed E-state index contributed by atoms with van der Waals surface area (Å²) in [5.74, 6) is -0.247. The highest BCUT2D eigenvalue weighted by molar-refractivity contribution is 6.00. The highest BCUT2D eigenvalue weighted by Crippen LogP contribution is 2.38. The van der Waals surface area contributed by atoms with Crippen molar-refractivity contribution in [3.8, 4) is 0 Å². The fourth-order valence-corrected chi connectivity index (χ4v) is 3.11. The van der Waals surface area contributed by atoms with Crippen LogP contribution in [0.1, 0.15) is 31.0 Å². The number of rotatable bonds is 5. The summed E-state index contributed by atoms with van der Waals surface area (Å²) in [7, 11) is 0. The Balaban J connectivity index is 1.81. The number of urea groups is 1. The molecule has 0 bridgehead atoms. The Morgan fingerprint density at radius 1 is 1.24 bits per heavy atom. The van der Waals surface area contributed by atoms with Gasteiger partial charge in [-0.15, -0.1) is 0 Å². The Morgan fingerprint density at radius 3 is 2.64 bits per heavy atom. The van der Waals surface area contributed by atoms with Crippen molar-refractivity contribution < 1.29 is 14.0 Å². The molecule has 132 valence electrons. The van der Waals surface area contributed by atoms with Crippen LogP contribution in [0, 0.1) is 5.41 Å². The van der Waals surface area contributed by atoms with E-state index in [-0.39, 0.29) is 25.0 Å². The molecule has 1 atom stereocenters. The average molecular weight is 344 g/mol. The van der Waals surface area contributed by atoms with E-state index in [0.717, 1.165) is 5.56 Å². The largest absolute Gasteiger partial charge is 0.330 e. The van der Waals surface area contributed by atoms with Crippen LogP contribution < -0.4 is 5.32 Å². The van der Waals surface area contributed by atoms with Crippen LogP contribution in [0.2, 0.25) is 0 Å². The van der Waals surface area contributed by atoms with Crippen LogP contribution in [0.15, 0.2) is 42.7 Å². The maximum Gasteiger partial charge on any atom is 0.324 e. The lowest BCUT2D eigenvalue weighted by Gasteiger charge is -2.42. The molecule has 0 saturated carbocycles. The fourth-order valence-electron chi connectivity index (χ4n) is 3.11. The molecule has 0 spiro atoms. The Labute approximate surface area is 145 Å². The summed E-state index contributed by atoms with van der Waals surface area (Å²) in [5.41, 5.74) is 0.792. The van der Waals surface area contributed by atoms with Gasteiger partial charge in [0, 0.05) is 11.8 Å². The van der Waals surface area contributed by atoms with Crippen LogP contribution in [0.3, 0.4) is 0 Å². The molecule has 0 aliphatic carbocycles. The molecular weight excluding hydrogens is 323 g/mol. The van der Waals surface area contributed by atoms with Crippen molar-refractivity contribution in [1.29, 1.82) is 0 Å². The van der Waals surface area contributed by atoms with E-state index in [4.69, 9.17) is 0 Å². The summed E-state index contributed by atoms with van der Waals surface area (Å²) < 4.78 is 13.8. The lowest BCUT2D eigenvalue weighted by Crippen LogP contribution is -2.59. The minimum Gasteiger partial charge on any atom is -0.330 e. The van der Waals surface area contributed by atoms with Crippen molar-refractivity contribution in [2.24, 2.45) is 5.41 Å². The normalized spacial score (nSPS) is 19.8. The molecule has 1 aromatic carbocycles. The number of benzene rings is 1. The smallest absolute Gasteiger partial charge is 0.324 e. The molecule has 3 rings (SSSR count). The number of nitrogens with zero attached hydrogens (tertiary/aromatic N) is 3. The molecule has 0 radical (unpaired) electrons. The summed E-state index contributed by atoms with van der Waals surface area (Å²) in [4.78, 5) is 26.7. The van der Waals surface area contributed by atoms with Crippen LogP contribution in [0.25, 0.3) is 0 Å². The van der Waals surface area contributed by atoms with E-state index in [1.165, 1.54) is 9.58 Å². The Bertz CT molecular complexity index is 772. The molecule has 0 unspecified atom stereocenters. The quantitative estimate of drug-likeness (QED) is 0.907. The van der Waals surface area contributed by atoms with Crippen molar-refractivity contribution >= 4 is 11.9 Å². The third kappa shape index (κ3) is 3.26. The number of hydrogen-bond acceptors (Lipinski definition) is 3. The van der Waals surface area contributed by atoms with Gasteiger partial charge in [0.15, 0.2) is 0 Å². The number of carbonyl (C=O) groups excluding carboxylic acids is 2. The van der Waals surface area contributed by atoms with Crippen molar-refractivity contribution in [2.45, 2.75) is 33.0 Å². The zero-order valence-electron chi connectivity index (χ0n) is 14.3. The molecule has 1 aliphatic rings. The SMILES string of the molecule is CC1(C)C(=O)N(Cc2cnn(CCF)c2)C(=O)N[C@@H]1c1ccccc1. The van der Waals surface area contributed by atoms with E-state index in [1.54, 1.807) is 12.4 Å². The zero-order valence-corrected chi connectivity index (χ0v) is 14.3. The lowest BCUT2D eigenvalue weighted by molar-refractivity contribution is -0.141. The number of aromatic nitrogens is 2. The second-order valence-corrected chi connectivity index (χ2v) is 6.71. The maximum absolute atomic E-state index is 13.0. The number of hydrogen-bond donors (Lipinski definition) is 1. The number of amides is 3. The van der Waals surface area contributed by atoms with Gasteiger partial charge < -0.3 is 5.32 Å². The lowest BCUT2D eigenvalue weighted by atomic mass is 9.77. The molecule has 1 aliphatic heterocycles. The molecule has 2 aromatic rings. The summed E-state index contributed by atoms with van der Waals surface area (Å²) in [6, 6.07) is 8.63. The van der Waals surface area contributed by atoms with E-state index in [2.05, 4.69) is 10.4 Å². The van der Waals surface area contributed by atoms with E-state index in [0.29, 0.717) is 5.56 Å². The number of imide groups is 1. The van der Waals surface area contributed by atoms with Crippen molar-refractivity contribution in [2.75, 3.05) is 6.67 Å². The van der Waals surface area contributed by atoms with Crippen LogP contribution in [0.5, 0.6) is 0 Å². The van der Waals surface area contributed by atoms with Gasteiger partial charge in [0.1, 0.15) is 6.67 Å². The van der Waals surface area contributed by atoms with Gasteiger partial charge >= 0.3 is 6.03 Å². The van der Waals surface area contributed by atoms with Gasteiger partial charge in [0.25, 0.3) is 0 Å². The minimum absolute atomic E-state index is 0.113. The molecule has 1 saturated heterocycles. The van der Waals surface area contributed by atoms with Gasteiger partial charge in [0.2, 0.25) is 5.91 Å². The monoisotopic (exact) mass is 344 g/mol. The second kappa shape index (κ2) is 6.66. The van der Waals surface area contributed by atoms with Gasteiger partial charge in [0.05, 0.1) is 30.7 Å². The average Bonchev–Trinajstić information content (AvgIpc) is 3.04. The summed E-state index contributed by atoms with van der Waals surface area (Å²) in [6.07, 6.45) is 3.20. The maximum atomic E-state index is 13.0. The summed E-state index contributed by atoms with van der Waals surface area (Å²) in [5, 5.41) is 6.96. The Kier molecular flexibility index (Phi) is 4.57. The first-order valence-corrected chi connectivity index (χ1v) is 8.18. The minimum atomic E-state index is -0.788. The van der Waals surface area contributed by atoms with Crippen LogP contribution in [-0.4, -0.2) is 33.3 Å². The van der Waals surface area contributed by atoms with Crippen LogP contribution in [0.4, 0.5) is 9.18 Å². The summed E-state index contributed by atoms with van der Waals surface area (Å²) in [6.45, 7) is 3.40. The predicted molar refractivity (Wildman–Crippen MR) is 90.2 cm³/mol. The molecule has 1 fully saturated rings. The molecule has 2 heterocycles. The van der Waals surface area contributed by atoms with Crippen molar-refractivity contribution in [3.05, 3.63) is 53.9 Å². The molecule has 3 amide bonds. The molecule has 6 nitrogen and oxygen atoms in total. The topological polar surface area (TPSA) is 67.2 Å². The summed E-state index contributed by atoms with van der Waals surface area (Å²) >= 11 is 0. The Hall–Kier alpha value is -2.70. The molecule has 25 heavy (non-hydrogen) atoms.